The summed E-state index contributed by atoms with van der Waals surface area (Å²) in [5, 5.41) is 13.2. The van der Waals surface area contributed by atoms with E-state index in [1.165, 1.54) is 6.20 Å². The van der Waals surface area contributed by atoms with Crippen molar-refractivity contribution in [1.29, 1.82) is 0 Å². The van der Waals surface area contributed by atoms with Crippen molar-refractivity contribution < 1.29 is 13.2 Å². The molecule has 1 aromatic carbocycles. The van der Waals surface area contributed by atoms with E-state index in [0.29, 0.717) is 16.7 Å². The van der Waals surface area contributed by atoms with Gasteiger partial charge in [0.25, 0.3) is 0 Å². The number of aromatic amines is 1. The van der Waals surface area contributed by atoms with Gasteiger partial charge in [-0.3, -0.25) is 10.00 Å². The van der Waals surface area contributed by atoms with E-state index in [1.807, 2.05) is 26.8 Å². The monoisotopic (exact) mass is 521 g/mol. The second-order valence-corrected chi connectivity index (χ2v) is 10.3. The first-order valence-corrected chi connectivity index (χ1v) is 13.0. The Bertz CT molecular complexity index is 1220. The molecular formula is C23H29ClFN7O2S. The third-order valence-electron chi connectivity index (χ3n) is 6.28. The molecule has 1 aliphatic heterocycles. The Morgan fingerprint density at radius 3 is 2.69 bits per heavy atom. The second kappa shape index (κ2) is 11.0. The highest BCUT2D eigenvalue weighted by Gasteiger charge is 2.26. The van der Waals surface area contributed by atoms with Gasteiger partial charge in [0, 0.05) is 17.8 Å². The number of H-pyrrole nitrogens is 1. The molecule has 0 bridgehead atoms. The van der Waals surface area contributed by atoms with Gasteiger partial charge < -0.3 is 15.2 Å². The Kier molecular flexibility index (Phi) is 8.00. The number of nitrogens with zero attached hydrogens (tertiary/aromatic N) is 4. The van der Waals surface area contributed by atoms with Gasteiger partial charge >= 0.3 is 0 Å². The predicted octanol–water partition coefficient (Wildman–Crippen LogP) is 4.89. The molecule has 12 heteroatoms. The summed E-state index contributed by atoms with van der Waals surface area (Å²) in [4.78, 5) is 10.8. The van der Waals surface area contributed by atoms with Crippen LogP contribution in [0, 0.1) is 19.7 Å². The van der Waals surface area contributed by atoms with Gasteiger partial charge in [0.05, 0.1) is 17.6 Å². The van der Waals surface area contributed by atoms with Crippen molar-refractivity contribution in [3.8, 4) is 0 Å². The third-order valence-corrected chi connectivity index (χ3v) is 7.32. The van der Waals surface area contributed by atoms with Crippen molar-refractivity contribution in [2.75, 3.05) is 29.5 Å². The molecule has 35 heavy (non-hydrogen) atoms. The van der Waals surface area contributed by atoms with Crippen LogP contribution in [0.25, 0.3) is 0 Å². The molecule has 0 amide bonds. The van der Waals surface area contributed by atoms with Gasteiger partial charge in [-0.15, -0.1) is 0 Å². The fourth-order valence-electron chi connectivity index (χ4n) is 4.43. The first-order valence-electron chi connectivity index (χ1n) is 11.4. The fraction of sp³-hybridized carbons (Fsp3) is 0.435. The van der Waals surface area contributed by atoms with Crippen LogP contribution in [-0.4, -0.2) is 58.7 Å². The number of rotatable bonds is 8. The SMILES string of the molecule is Cc1cc(Nc2nc(Nc3cc(C)c(C4CCN(C(C)CS(=O)O)CC4)cc3F)ncc2Cl)n[nH]1. The standard InChI is InChI=1S/C23H29ClFN7O2S/c1-13-8-20(27-23-26-11-18(24)22(29-23)28-21-9-14(2)30-31-21)19(25)10-17(13)16-4-6-32(7-5-16)15(3)12-35(33)34/h8-11,15-16H,4-7,12H2,1-3H3,(H,33,34)(H3,26,27,28,29,30,31). The summed E-state index contributed by atoms with van der Waals surface area (Å²) in [6, 6.07) is 5.22. The number of halogens is 2. The quantitative estimate of drug-likeness (QED) is 0.309. The molecular weight excluding hydrogens is 493 g/mol. The molecule has 4 rings (SSSR count). The molecule has 0 spiro atoms. The first-order chi connectivity index (χ1) is 16.7. The number of aryl methyl sites for hydroxylation is 2. The number of benzene rings is 1. The van der Waals surface area contributed by atoms with Crippen molar-refractivity contribution >= 4 is 46.0 Å². The van der Waals surface area contributed by atoms with E-state index >= 15 is 4.39 Å². The average Bonchev–Trinajstić information content (AvgIpc) is 3.22. The van der Waals surface area contributed by atoms with E-state index in [4.69, 9.17) is 16.2 Å². The van der Waals surface area contributed by atoms with Crippen LogP contribution in [0.5, 0.6) is 0 Å². The molecule has 2 unspecified atom stereocenters. The minimum atomic E-state index is -1.81. The van der Waals surface area contributed by atoms with Crippen LogP contribution in [0.15, 0.2) is 24.4 Å². The highest BCUT2D eigenvalue weighted by atomic mass is 35.5. The Morgan fingerprint density at radius 2 is 2.03 bits per heavy atom. The third kappa shape index (κ3) is 6.35. The predicted molar refractivity (Wildman–Crippen MR) is 137 cm³/mol. The fourth-order valence-corrected chi connectivity index (χ4v) is 5.20. The Balaban J connectivity index is 1.45. The molecule has 3 heterocycles. The van der Waals surface area contributed by atoms with Crippen molar-refractivity contribution in [3.63, 3.8) is 0 Å². The molecule has 3 aromatic rings. The number of hydrogen-bond donors (Lipinski definition) is 4. The lowest BCUT2D eigenvalue weighted by molar-refractivity contribution is 0.172. The largest absolute Gasteiger partial charge is 0.322 e. The Labute approximate surface area is 211 Å². The number of aromatic nitrogens is 4. The van der Waals surface area contributed by atoms with Crippen LogP contribution in [-0.2, 0) is 11.1 Å². The lowest BCUT2D eigenvalue weighted by atomic mass is 9.86. The summed E-state index contributed by atoms with van der Waals surface area (Å²) < 4.78 is 35.4. The lowest BCUT2D eigenvalue weighted by Crippen LogP contribution is -2.42. The molecule has 9 nitrogen and oxygen atoms in total. The van der Waals surface area contributed by atoms with E-state index in [0.717, 1.165) is 42.8 Å². The van der Waals surface area contributed by atoms with E-state index in [1.54, 1.807) is 12.1 Å². The van der Waals surface area contributed by atoms with Crippen LogP contribution >= 0.6 is 11.6 Å². The zero-order valence-corrected chi connectivity index (χ0v) is 21.4. The molecule has 1 aliphatic rings. The molecule has 188 valence electrons. The van der Waals surface area contributed by atoms with Gasteiger partial charge in [-0.1, -0.05) is 11.6 Å². The summed E-state index contributed by atoms with van der Waals surface area (Å²) in [5.74, 6) is 1.22. The summed E-state index contributed by atoms with van der Waals surface area (Å²) in [6.45, 7) is 7.45. The summed E-state index contributed by atoms with van der Waals surface area (Å²) in [5.41, 5.74) is 3.14. The first kappa shape index (κ1) is 25.5. The topological polar surface area (TPSA) is 119 Å². The molecule has 1 fully saturated rings. The van der Waals surface area contributed by atoms with Gasteiger partial charge in [-0.2, -0.15) is 10.1 Å². The maximum atomic E-state index is 15.1. The van der Waals surface area contributed by atoms with Crippen molar-refractivity contribution in [3.05, 3.63) is 52.1 Å². The summed E-state index contributed by atoms with van der Waals surface area (Å²) >= 11 is 4.41. The van der Waals surface area contributed by atoms with E-state index in [9.17, 15) is 4.21 Å². The number of anilines is 4. The van der Waals surface area contributed by atoms with Crippen molar-refractivity contribution in [2.24, 2.45) is 0 Å². The Morgan fingerprint density at radius 1 is 1.29 bits per heavy atom. The molecule has 0 radical (unpaired) electrons. The van der Waals surface area contributed by atoms with Crippen LogP contribution in [0.1, 0.15) is 42.5 Å². The number of piperidine rings is 1. The lowest BCUT2D eigenvalue weighted by Gasteiger charge is -2.36. The average molecular weight is 522 g/mol. The van der Waals surface area contributed by atoms with Crippen molar-refractivity contribution in [1.82, 2.24) is 25.1 Å². The molecule has 0 saturated carbocycles. The van der Waals surface area contributed by atoms with E-state index in [-0.39, 0.29) is 35.2 Å². The van der Waals surface area contributed by atoms with Gasteiger partial charge in [-0.05, 0) is 75.9 Å². The van der Waals surface area contributed by atoms with Gasteiger partial charge in [-0.25, -0.2) is 13.6 Å². The molecule has 2 aromatic heterocycles. The minimum absolute atomic E-state index is 0.0435. The zero-order chi connectivity index (χ0) is 25.1. The van der Waals surface area contributed by atoms with Crippen LogP contribution < -0.4 is 10.6 Å². The zero-order valence-electron chi connectivity index (χ0n) is 19.8. The molecule has 4 N–H and O–H groups in total. The van der Waals surface area contributed by atoms with Gasteiger partial charge in [0.2, 0.25) is 5.95 Å². The number of hydrogen-bond acceptors (Lipinski definition) is 7. The second-order valence-electron chi connectivity index (χ2n) is 8.91. The van der Waals surface area contributed by atoms with Crippen molar-refractivity contribution in [2.45, 2.75) is 45.6 Å². The molecule has 0 aliphatic carbocycles. The normalized spacial score (nSPS) is 16.7. The van der Waals surface area contributed by atoms with Crippen LogP contribution in [0.3, 0.4) is 0 Å². The summed E-state index contributed by atoms with van der Waals surface area (Å²) in [7, 11) is 0. The highest BCUT2D eigenvalue weighted by molar-refractivity contribution is 7.79. The van der Waals surface area contributed by atoms with E-state index < -0.39 is 11.1 Å². The van der Waals surface area contributed by atoms with Gasteiger partial charge in [0.1, 0.15) is 10.8 Å². The van der Waals surface area contributed by atoms with E-state index in [2.05, 4.69) is 35.7 Å². The number of likely N-dealkylation sites (tertiary alicyclic amines) is 1. The highest BCUT2D eigenvalue weighted by Crippen LogP contribution is 2.34. The smallest absolute Gasteiger partial charge is 0.229 e. The number of nitrogens with one attached hydrogen (secondary N) is 3. The summed E-state index contributed by atoms with van der Waals surface area (Å²) in [6.07, 6.45) is 3.19. The van der Waals surface area contributed by atoms with Gasteiger partial charge in [0.15, 0.2) is 22.7 Å². The molecule has 2 atom stereocenters. The van der Waals surface area contributed by atoms with Crippen LogP contribution in [0.4, 0.5) is 27.7 Å². The molecule has 1 saturated heterocycles. The van der Waals surface area contributed by atoms with Crippen LogP contribution in [0.2, 0.25) is 5.02 Å². The minimum Gasteiger partial charge on any atom is -0.322 e. The maximum absolute atomic E-state index is 15.1. The maximum Gasteiger partial charge on any atom is 0.229 e. The Hall–Kier alpha value is -2.60.